The van der Waals surface area contributed by atoms with Crippen LogP contribution in [0.3, 0.4) is 0 Å². The molecule has 1 aliphatic rings. The molecule has 7 nitrogen and oxygen atoms in total. The number of aromatic nitrogens is 4. The Kier molecular flexibility index (Phi) is 3.95. The van der Waals surface area contributed by atoms with Gasteiger partial charge >= 0.3 is 0 Å². The zero-order chi connectivity index (χ0) is 18.6. The highest BCUT2D eigenvalue weighted by molar-refractivity contribution is 7.18. The Labute approximate surface area is 154 Å². The molecule has 0 bridgehead atoms. The molecule has 0 unspecified atom stereocenters. The van der Waals surface area contributed by atoms with Gasteiger partial charge in [-0.1, -0.05) is 6.92 Å². The fourth-order valence-corrected chi connectivity index (χ4v) is 5.03. The van der Waals surface area contributed by atoms with Crippen molar-refractivity contribution in [2.24, 2.45) is 13.0 Å². The summed E-state index contributed by atoms with van der Waals surface area (Å²) < 4.78 is 2.85. The molecule has 8 heteroatoms. The maximum absolute atomic E-state index is 13.1. The van der Waals surface area contributed by atoms with Crippen LogP contribution in [0.15, 0.2) is 11.0 Å². The van der Waals surface area contributed by atoms with E-state index in [0.29, 0.717) is 28.4 Å². The Morgan fingerprint density at radius 3 is 2.85 bits per heavy atom. The van der Waals surface area contributed by atoms with Gasteiger partial charge < -0.3 is 0 Å². The van der Waals surface area contributed by atoms with Gasteiger partial charge in [-0.05, 0) is 44.6 Å². The molecule has 0 saturated carbocycles. The van der Waals surface area contributed by atoms with Gasteiger partial charge in [-0.25, -0.2) is 9.66 Å². The Balaban J connectivity index is 1.79. The van der Waals surface area contributed by atoms with Crippen LogP contribution in [-0.4, -0.2) is 25.3 Å². The number of hydrogen-bond donors (Lipinski definition) is 1. The third kappa shape index (κ3) is 2.65. The molecule has 0 spiro atoms. The average Bonchev–Trinajstić information content (AvgIpc) is 3.09. The van der Waals surface area contributed by atoms with Crippen LogP contribution in [0.5, 0.6) is 0 Å². The van der Waals surface area contributed by atoms with Crippen molar-refractivity contribution in [1.29, 1.82) is 0 Å². The summed E-state index contributed by atoms with van der Waals surface area (Å²) in [5.74, 6) is 0.746. The molecule has 0 fully saturated rings. The fourth-order valence-electron chi connectivity index (χ4n) is 3.61. The van der Waals surface area contributed by atoms with Gasteiger partial charge in [-0.3, -0.25) is 19.7 Å². The van der Waals surface area contributed by atoms with Crippen LogP contribution in [0, 0.1) is 19.8 Å². The van der Waals surface area contributed by atoms with Gasteiger partial charge in [0.2, 0.25) is 0 Å². The smallest absolute Gasteiger partial charge is 0.275 e. The number of nitrogens with zero attached hydrogens (tertiary/aromatic N) is 4. The summed E-state index contributed by atoms with van der Waals surface area (Å²) in [5.41, 5.74) is 4.67. The van der Waals surface area contributed by atoms with Gasteiger partial charge in [-0.2, -0.15) is 5.10 Å². The first kappa shape index (κ1) is 17.0. The first-order valence-electron chi connectivity index (χ1n) is 8.70. The van der Waals surface area contributed by atoms with Crippen molar-refractivity contribution < 1.29 is 4.79 Å². The quantitative estimate of drug-likeness (QED) is 0.749. The molecule has 26 heavy (non-hydrogen) atoms. The minimum absolute atomic E-state index is 0.200. The molecule has 0 aromatic carbocycles. The summed E-state index contributed by atoms with van der Waals surface area (Å²) in [6.45, 7) is 5.74. The SMILES string of the molecule is Cc1nn(C)cc1C(=O)Nn1c(C)nc2sc3c(c2c1=O)CC[C@H](C)C3. The number of hydrogen-bond acceptors (Lipinski definition) is 5. The number of amides is 1. The van der Waals surface area contributed by atoms with E-state index in [1.807, 2.05) is 0 Å². The standard InChI is InChI=1S/C18H21N5O2S/c1-9-5-6-12-14(7-9)26-17-15(12)18(25)23(11(3)19-17)21-16(24)13-8-22(4)20-10(13)2/h8-9H,5-7H2,1-4H3,(H,21,24)/t9-/m0/s1. The molecule has 3 aromatic heterocycles. The molecule has 0 radical (unpaired) electrons. The van der Waals surface area contributed by atoms with Crippen LogP contribution in [0.1, 0.15) is 45.7 Å². The third-order valence-electron chi connectivity index (χ3n) is 4.97. The first-order chi connectivity index (χ1) is 12.3. The van der Waals surface area contributed by atoms with E-state index in [1.165, 1.54) is 9.55 Å². The molecule has 1 aliphatic carbocycles. The van der Waals surface area contributed by atoms with Crippen LogP contribution in [0.2, 0.25) is 0 Å². The zero-order valence-corrected chi connectivity index (χ0v) is 16.1. The normalized spacial score (nSPS) is 16.7. The first-order valence-corrected chi connectivity index (χ1v) is 9.52. The van der Waals surface area contributed by atoms with Gasteiger partial charge in [0.15, 0.2) is 0 Å². The number of carbonyl (C=O) groups is 1. The molecular weight excluding hydrogens is 350 g/mol. The maximum atomic E-state index is 13.1. The molecule has 1 amide bonds. The lowest BCUT2D eigenvalue weighted by atomic mass is 9.89. The summed E-state index contributed by atoms with van der Waals surface area (Å²) in [4.78, 5) is 32.3. The number of rotatable bonds is 2. The summed E-state index contributed by atoms with van der Waals surface area (Å²) in [7, 11) is 1.76. The van der Waals surface area contributed by atoms with Gasteiger partial charge in [-0.15, -0.1) is 11.3 Å². The van der Waals surface area contributed by atoms with E-state index in [2.05, 4.69) is 22.4 Å². The summed E-state index contributed by atoms with van der Waals surface area (Å²) in [5, 5.41) is 4.84. The van der Waals surface area contributed by atoms with E-state index in [1.54, 1.807) is 43.1 Å². The molecule has 136 valence electrons. The second-order valence-corrected chi connectivity index (χ2v) is 8.16. The molecule has 1 N–H and O–H groups in total. The molecule has 3 heterocycles. The Hall–Kier alpha value is -2.48. The molecule has 3 aromatic rings. The third-order valence-corrected chi connectivity index (χ3v) is 6.12. The monoisotopic (exact) mass is 371 g/mol. The second kappa shape index (κ2) is 6.05. The van der Waals surface area contributed by atoms with Crippen molar-refractivity contribution in [3.8, 4) is 0 Å². The van der Waals surface area contributed by atoms with E-state index in [9.17, 15) is 9.59 Å². The van der Waals surface area contributed by atoms with Crippen molar-refractivity contribution in [2.75, 3.05) is 5.43 Å². The van der Waals surface area contributed by atoms with E-state index in [-0.39, 0.29) is 11.5 Å². The van der Waals surface area contributed by atoms with E-state index < -0.39 is 0 Å². The number of thiophene rings is 1. The minimum atomic E-state index is -0.361. The largest absolute Gasteiger partial charge is 0.281 e. The van der Waals surface area contributed by atoms with Gasteiger partial charge in [0.1, 0.15) is 10.7 Å². The van der Waals surface area contributed by atoms with Crippen molar-refractivity contribution in [3.05, 3.63) is 44.1 Å². The lowest BCUT2D eigenvalue weighted by molar-refractivity contribution is 0.101. The van der Waals surface area contributed by atoms with Crippen molar-refractivity contribution in [3.63, 3.8) is 0 Å². The van der Waals surface area contributed by atoms with Crippen molar-refractivity contribution in [1.82, 2.24) is 19.4 Å². The lowest BCUT2D eigenvalue weighted by Crippen LogP contribution is -2.35. The van der Waals surface area contributed by atoms with Crippen LogP contribution in [-0.2, 0) is 19.9 Å². The predicted octanol–water partition coefficient (Wildman–Crippen LogP) is 2.32. The lowest BCUT2D eigenvalue weighted by Gasteiger charge is -2.17. The highest BCUT2D eigenvalue weighted by atomic mass is 32.1. The van der Waals surface area contributed by atoms with Crippen LogP contribution < -0.4 is 11.0 Å². The Morgan fingerprint density at radius 2 is 2.15 bits per heavy atom. The van der Waals surface area contributed by atoms with Crippen LogP contribution in [0.25, 0.3) is 10.2 Å². The Bertz CT molecular complexity index is 1090. The average molecular weight is 371 g/mol. The number of aryl methyl sites for hydroxylation is 4. The maximum Gasteiger partial charge on any atom is 0.281 e. The highest BCUT2D eigenvalue weighted by Gasteiger charge is 2.24. The second-order valence-electron chi connectivity index (χ2n) is 7.07. The molecular formula is C18H21N5O2S. The summed E-state index contributed by atoms with van der Waals surface area (Å²) >= 11 is 1.61. The molecule has 1 atom stereocenters. The van der Waals surface area contributed by atoms with E-state index in [0.717, 1.165) is 29.7 Å². The minimum Gasteiger partial charge on any atom is -0.275 e. The highest BCUT2D eigenvalue weighted by Crippen LogP contribution is 2.35. The topological polar surface area (TPSA) is 81.8 Å². The summed E-state index contributed by atoms with van der Waals surface area (Å²) in [6.07, 6.45) is 4.61. The predicted molar refractivity (Wildman–Crippen MR) is 101 cm³/mol. The summed E-state index contributed by atoms with van der Waals surface area (Å²) in [6, 6.07) is 0. The number of carbonyl (C=O) groups excluding carboxylic acids is 1. The van der Waals surface area contributed by atoms with Crippen molar-refractivity contribution in [2.45, 2.75) is 40.0 Å². The van der Waals surface area contributed by atoms with Crippen LogP contribution >= 0.6 is 11.3 Å². The molecule has 4 rings (SSSR count). The number of nitrogens with one attached hydrogen (secondary N) is 1. The van der Waals surface area contributed by atoms with Crippen LogP contribution in [0.4, 0.5) is 0 Å². The van der Waals surface area contributed by atoms with Gasteiger partial charge in [0, 0.05) is 18.1 Å². The van der Waals surface area contributed by atoms with Gasteiger partial charge in [0.25, 0.3) is 11.5 Å². The Morgan fingerprint density at radius 1 is 1.38 bits per heavy atom. The number of fused-ring (bicyclic) bond motifs is 3. The fraction of sp³-hybridized carbons (Fsp3) is 0.444. The zero-order valence-electron chi connectivity index (χ0n) is 15.3. The van der Waals surface area contributed by atoms with Gasteiger partial charge in [0.05, 0.1) is 16.6 Å². The van der Waals surface area contributed by atoms with Crippen molar-refractivity contribution >= 4 is 27.5 Å². The molecule has 0 saturated heterocycles. The molecule has 0 aliphatic heterocycles. The van der Waals surface area contributed by atoms with E-state index in [4.69, 9.17) is 0 Å². The van der Waals surface area contributed by atoms with E-state index >= 15 is 0 Å².